The van der Waals surface area contributed by atoms with E-state index in [1.54, 1.807) is 0 Å². The number of sulfonamides is 1. The van der Waals surface area contributed by atoms with Crippen LogP contribution in [0.4, 0.5) is 18.9 Å². The Kier molecular flexibility index (Phi) is 4.19. The molecule has 0 aliphatic carbocycles. The molecule has 0 amide bonds. The molecular weight excluding hydrogens is 305 g/mol. The Morgan fingerprint density at radius 3 is 2.10 bits per heavy atom. The zero-order chi connectivity index (χ0) is 15.6. The van der Waals surface area contributed by atoms with Crippen LogP contribution in [0.2, 0.25) is 0 Å². The average Bonchev–Trinajstić information content (AvgIpc) is 2.44. The molecule has 3 N–H and O–H groups in total. The largest absolute Gasteiger partial charge is 0.326 e. The normalized spacial score (nSPS) is 11.4. The zero-order valence-electron chi connectivity index (χ0n) is 10.6. The van der Waals surface area contributed by atoms with Crippen LogP contribution < -0.4 is 10.5 Å². The van der Waals surface area contributed by atoms with Gasteiger partial charge in [-0.15, -0.1) is 0 Å². The van der Waals surface area contributed by atoms with Gasteiger partial charge in [0.1, 0.15) is 5.82 Å². The Hall–Kier alpha value is -2.06. The third kappa shape index (κ3) is 3.34. The van der Waals surface area contributed by atoms with E-state index >= 15 is 0 Å². The predicted molar refractivity (Wildman–Crippen MR) is 71.5 cm³/mol. The first-order valence-electron chi connectivity index (χ1n) is 5.80. The lowest BCUT2D eigenvalue weighted by Gasteiger charge is -2.10. The van der Waals surface area contributed by atoms with Gasteiger partial charge in [0.25, 0.3) is 10.0 Å². The molecule has 4 nitrogen and oxygen atoms in total. The molecule has 0 aliphatic rings. The lowest BCUT2D eigenvalue weighted by molar-refractivity contribution is 0.496. The zero-order valence-corrected chi connectivity index (χ0v) is 11.4. The van der Waals surface area contributed by atoms with Crippen LogP contribution in [-0.2, 0) is 16.6 Å². The van der Waals surface area contributed by atoms with Gasteiger partial charge in [-0.1, -0.05) is 12.1 Å². The van der Waals surface area contributed by atoms with Gasteiger partial charge in [-0.05, 0) is 17.7 Å². The first-order valence-corrected chi connectivity index (χ1v) is 7.28. The van der Waals surface area contributed by atoms with Gasteiger partial charge < -0.3 is 5.73 Å². The van der Waals surface area contributed by atoms with E-state index < -0.39 is 33.2 Å². The fourth-order valence-corrected chi connectivity index (χ4v) is 2.67. The first kappa shape index (κ1) is 15.3. The molecule has 2 rings (SSSR count). The highest BCUT2D eigenvalue weighted by Crippen LogP contribution is 2.22. The van der Waals surface area contributed by atoms with Crippen LogP contribution in [0.25, 0.3) is 0 Å². The lowest BCUT2D eigenvalue weighted by Crippen LogP contribution is -2.14. The van der Waals surface area contributed by atoms with E-state index in [1.807, 2.05) is 4.72 Å². The second kappa shape index (κ2) is 5.74. The van der Waals surface area contributed by atoms with E-state index in [2.05, 4.69) is 0 Å². The number of hydrogen-bond donors (Lipinski definition) is 2. The molecule has 0 saturated carbocycles. The van der Waals surface area contributed by atoms with Crippen LogP contribution in [0.15, 0.2) is 41.3 Å². The molecule has 112 valence electrons. The van der Waals surface area contributed by atoms with E-state index in [-0.39, 0.29) is 17.5 Å². The maximum atomic E-state index is 13.4. The number of benzene rings is 2. The molecule has 8 heteroatoms. The Bertz CT molecular complexity index is 762. The molecule has 0 bridgehead atoms. The third-order valence-corrected chi connectivity index (χ3v) is 4.11. The summed E-state index contributed by atoms with van der Waals surface area (Å²) in [5.41, 5.74) is 5.44. The maximum absolute atomic E-state index is 13.4. The van der Waals surface area contributed by atoms with Crippen LogP contribution in [0, 0.1) is 17.5 Å². The molecule has 0 heterocycles. The summed E-state index contributed by atoms with van der Waals surface area (Å²) in [7, 11) is -4.11. The van der Waals surface area contributed by atoms with Crippen LogP contribution in [0.1, 0.15) is 5.56 Å². The quantitative estimate of drug-likeness (QED) is 0.851. The number of hydrogen-bond acceptors (Lipinski definition) is 3. The number of halogens is 3. The fourth-order valence-electron chi connectivity index (χ4n) is 1.61. The minimum Gasteiger partial charge on any atom is -0.326 e. The molecule has 0 aromatic heterocycles. The first-order chi connectivity index (χ1) is 9.83. The monoisotopic (exact) mass is 316 g/mol. The Labute approximate surface area is 119 Å². The van der Waals surface area contributed by atoms with Gasteiger partial charge in [-0.3, -0.25) is 4.72 Å². The SMILES string of the molecule is NCc1ccc(S(=O)(=O)Nc2cc(F)c(F)cc2F)cc1. The molecule has 2 aromatic carbocycles. The summed E-state index contributed by atoms with van der Waals surface area (Å²) in [4.78, 5) is -0.149. The van der Waals surface area contributed by atoms with Gasteiger partial charge in [-0.2, -0.15) is 0 Å². The molecule has 0 radical (unpaired) electrons. The van der Waals surface area contributed by atoms with Gasteiger partial charge in [0, 0.05) is 18.7 Å². The summed E-state index contributed by atoms with van der Waals surface area (Å²) in [5.74, 6) is -3.97. The van der Waals surface area contributed by atoms with Gasteiger partial charge in [0.05, 0.1) is 10.6 Å². The molecule has 0 aliphatic heterocycles. The van der Waals surface area contributed by atoms with Gasteiger partial charge in [0.15, 0.2) is 11.6 Å². The summed E-state index contributed by atoms with van der Waals surface area (Å²) in [5, 5.41) is 0. The van der Waals surface area contributed by atoms with Crippen LogP contribution in [0.3, 0.4) is 0 Å². The molecule has 0 unspecified atom stereocenters. The van der Waals surface area contributed by atoms with Gasteiger partial charge >= 0.3 is 0 Å². The van der Waals surface area contributed by atoms with Crippen molar-refractivity contribution in [3.8, 4) is 0 Å². The van der Waals surface area contributed by atoms with Crippen LogP contribution in [0.5, 0.6) is 0 Å². The van der Waals surface area contributed by atoms with Crippen LogP contribution >= 0.6 is 0 Å². The third-order valence-electron chi connectivity index (χ3n) is 2.72. The standard InChI is InChI=1S/C13H11F3N2O2S/c14-10-5-12(16)13(6-11(10)15)18-21(19,20)9-3-1-8(7-17)2-4-9/h1-6,18H,7,17H2. The summed E-state index contributed by atoms with van der Waals surface area (Å²) < 4.78 is 65.2. The van der Waals surface area contributed by atoms with Crippen molar-refractivity contribution in [3.05, 3.63) is 59.4 Å². The predicted octanol–water partition coefficient (Wildman–Crippen LogP) is 2.36. The second-order valence-corrected chi connectivity index (χ2v) is 5.88. The number of rotatable bonds is 4. The van der Waals surface area contributed by atoms with Crippen molar-refractivity contribution in [1.82, 2.24) is 0 Å². The number of anilines is 1. The molecule has 0 saturated heterocycles. The Balaban J connectivity index is 2.34. The van der Waals surface area contributed by atoms with Crippen molar-refractivity contribution >= 4 is 15.7 Å². The van der Waals surface area contributed by atoms with E-state index in [0.717, 1.165) is 0 Å². The average molecular weight is 316 g/mol. The van der Waals surface area contributed by atoms with Crippen molar-refractivity contribution in [2.24, 2.45) is 5.73 Å². The summed E-state index contributed by atoms with van der Waals surface area (Å²) in [6.45, 7) is 0.242. The van der Waals surface area contributed by atoms with Crippen molar-refractivity contribution in [1.29, 1.82) is 0 Å². The van der Waals surface area contributed by atoms with E-state index in [1.165, 1.54) is 24.3 Å². The molecule has 0 atom stereocenters. The molecular formula is C13H11F3N2O2S. The van der Waals surface area contributed by atoms with Crippen molar-refractivity contribution < 1.29 is 21.6 Å². The minimum atomic E-state index is -4.11. The van der Waals surface area contributed by atoms with Crippen molar-refractivity contribution in [3.63, 3.8) is 0 Å². The summed E-state index contributed by atoms with van der Waals surface area (Å²) in [6, 6.07) is 6.26. The minimum absolute atomic E-state index is 0.149. The second-order valence-electron chi connectivity index (χ2n) is 4.20. The highest BCUT2D eigenvalue weighted by atomic mass is 32.2. The Morgan fingerprint density at radius 1 is 0.952 bits per heavy atom. The lowest BCUT2D eigenvalue weighted by atomic mass is 10.2. The highest BCUT2D eigenvalue weighted by Gasteiger charge is 2.18. The highest BCUT2D eigenvalue weighted by molar-refractivity contribution is 7.92. The number of nitrogens with one attached hydrogen (secondary N) is 1. The molecule has 21 heavy (non-hydrogen) atoms. The van der Waals surface area contributed by atoms with E-state index in [9.17, 15) is 21.6 Å². The van der Waals surface area contributed by atoms with Gasteiger partial charge in [0.2, 0.25) is 0 Å². The van der Waals surface area contributed by atoms with Crippen molar-refractivity contribution in [2.45, 2.75) is 11.4 Å². The van der Waals surface area contributed by atoms with E-state index in [0.29, 0.717) is 11.6 Å². The number of nitrogens with two attached hydrogens (primary N) is 1. The van der Waals surface area contributed by atoms with Crippen LogP contribution in [-0.4, -0.2) is 8.42 Å². The fraction of sp³-hybridized carbons (Fsp3) is 0.0769. The molecule has 2 aromatic rings. The molecule has 0 fully saturated rings. The topological polar surface area (TPSA) is 72.2 Å². The van der Waals surface area contributed by atoms with Gasteiger partial charge in [-0.25, -0.2) is 21.6 Å². The molecule has 0 spiro atoms. The summed E-state index contributed by atoms with van der Waals surface area (Å²) in [6.07, 6.45) is 0. The Morgan fingerprint density at radius 2 is 1.52 bits per heavy atom. The smallest absolute Gasteiger partial charge is 0.261 e. The maximum Gasteiger partial charge on any atom is 0.261 e. The summed E-state index contributed by atoms with van der Waals surface area (Å²) >= 11 is 0. The van der Waals surface area contributed by atoms with E-state index in [4.69, 9.17) is 5.73 Å². The van der Waals surface area contributed by atoms with Crippen molar-refractivity contribution in [2.75, 3.05) is 4.72 Å².